The van der Waals surface area contributed by atoms with Gasteiger partial charge in [-0.15, -0.1) is 0 Å². The second-order valence-electron chi connectivity index (χ2n) is 4.60. The number of hydrogen-bond acceptors (Lipinski definition) is 2. The Bertz CT molecular complexity index is 436. The van der Waals surface area contributed by atoms with Gasteiger partial charge in [-0.05, 0) is 42.9 Å². The van der Waals surface area contributed by atoms with Crippen molar-refractivity contribution < 1.29 is 4.74 Å². The molecule has 84 valence electrons. The lowest BCUT2D eigenvalue weighted by Gasteiger charge is -2.31. The van der Waals surface area contributed by atoms with Gasteiger partial charge in [-0.2, -0.15) is 0 Å². The van der Waals surface area contributed by atoms with Gasteiger partial charge in [0.2, 0.25) is 0 Å². The molecule has 1 aliphatic carbocycles. The molecule has 2 aliphatic rings. The van der Waals surface area contributed by atoms with Crippen molar-refractivity contribution in [2.24, 2.45) is 4.99 Å². The summed E-state index contributed by atoms with van der Waals surface area (Å²) in [4.78, 5) is 4.68. The lowest BCUT2D eigenvalue weighted by atomic mass is 9.77. The van der Waals surface area contributed by atoms with Crippen molar-refractivity contribution in [2.75, 3.05) is 13.7 Å². The standard InChI is InChI=1S/C14H17NO/c1-16-14-6-2-4-10-11-5-3-9-15-13(11)8-7-12(10)14/h2,4,6,11H,3,5,7-9H2,1H3. The van der Waals surface area contributed by atoms with Gasteiger partial charge in [-0.1, -0.05) is 12.1 Å². The number of aliphatic imine (C=N–C) groups is 1. The normalized spacial score (nSPS) is 23.1. The van der Waals surface area contributed by atoms with Crippen LogP contribution in [0.15, 0.2) is 23.2 Å². The molecule has 1 aliphatic heterocycles. The maximum Gasteiger partial charge on any atom is 0.122 e. The fourth-order valence-corrected chi connectivity index (χ4v) is 3.00. The highest BCUT2D eigenvalue weighted by Crippen LogP contribution is 2.38. The molecule has 0 aromatic heterocycles. The number of rotatable bonds is 1. The largest absolute Gasteiger partial charge is 0.496 e. The Morgan fingerprint density at radius 3 is 3.12 bits per heavy atom. The van der Waals surface area contributed by atoms with Gasteiger partial charge in [0, 0.05) is 18.2 Å². The minimum Gasteiger partial charge on any atom is -0.496 e. The van der Waals surface area contributed by atoms with E-state index in [0.29, 0.717) is 5.92 Å². The lowest BCUT2D eigenvalue weighted by Crippen LogP contribution is -2.24. The van der Waals surface area contributed by atoms with Crippen molar-refractivity contribution in [3.05, 3.63) is 29.3 Å². The first-order chi connectivity index (χ1) is 7.90. The number of benzene rings is 1. The molecule has 2 heteroatoms. The van der Waals surface area contributed by atoms with E-state index >= 15 is 0 Å². The summed E-state index contributed by atoms with van der Waals surface area (Å²) >= 11 is 0. The van der Waals surface area contributed by atoms with Gasteiger partial charge >= 0.3 is 0 Å². The topological polar surface area (TPSA) is 21.6 Å². The average Bonchev–Trinajstić information content (AvgIpc) is 2.37. The molecule has 0 spiro atoms. The maximum absolute atomic E-state index is 5.45. The van der Waals surface area contributed by atoms with Crippen molar-refractivity contribution in [3.8, 4) is 5.75 Å². The van der Waals surface area contributed by atoms with E-state index in [2.05, 4.69) is 23.2 Å². The molecule has 1 unspecified atom stereocenters. The van der Waals surface area contributed by atoms with Crippen LogP contribution in [0.25, 0.3) is 0 Å². The van der Waals surface area contributed by atoms with Crippen LogP contribution < -0.4 is 4.74 Å². The van der Waals surface area contributed by atoms with Crippen LogP contribution in [0.5, 0.6) is 5.75 Å². The van der Waals surface area contributed by atoms with E-state index in [0.717, 1.165) is 25.1 Å². The molecule has 1 aromatic rings. The molecule has 0 fully saturated rings. The van der Waals surface area contributed by atoms with Crippen LogP contribution in [0, 0.1) is 0 Å². The molecule has 0 saturated heterocycles. The number of ether oxygens (including phenoxy) is 1. The Kier molecular flexibility index (Phi) is 2.43. The molecule has 2 nitrogen and oxygen atoms in total. The van der Waals surface area contributed by atoms with Crippen molar-refractivity contribution >= 4 is 5.71 Å². The van der Waals surface area contributed by atoms with E-state index < -0.39 is 0 Å². The summed E-state index contributed by atoms with van der Waals surface area (Å²) in [5.41, 5.74) is 4.30. The molecule has 0 N–H and O–H groups in total. The highest BCUT2D eigenvalue weighted by molar-refractivity contribution is 5.93. The highest BCUT2D eigenvalue weighted by atomic mass is 16.5. The van der Waals surface area contributed by atoms with Crippen LogP contribution in [-0.4, -0.2) is 19.4 Å². The van der Waals surface area contributed by atoms with Gasteiger partial charge in [0.1, 0.15) is 5.75 Å². The van der Waals surface area contributed by atoms with Crippen molar-refractivity contribution in [1.29, 1.82) is 0 Å². The molecule has 0 radical (unpaired) electrons. The second kappa shape index (κ2) is 3.93. The first kappa shape index (κ1) is 9.88. The summed E-state index contributed by atoms with van der Waals surface area (Å²) in [6.45, 7) is 1.03. The van der Waals surface area contributed by atoms with Gasteiger partial charge in [0.25, 0.3) is 0 Å². The van der Waals surface area contributed by atoms with E-state index in [4.69, 9.17) is 4.74 Å². The maximum atomic E-state index is 5.45. The first-order valence-electron chi connectivity index (χ1n) is 6.09. The predicted octanol–water partition coefficient (Wildman–Crippen LogP) is 2.96. The minimum atomic E-state index is 0.576. The Morgan fingerprint density at radius 2 is 2.25 bits per heavy atom. The fourth-order valence-electron chi connectivity index (χ4n) is 3.00. The number of nitrogens with zero attached hydrogens (tertiary/aromatic N) is 1. The van der Waals surface area contributed by atoms with Crippen molar-refractivity contribution in [2.45, 2.75) is 31.6 Å². The Labute approximate surface area is 96.3 Å². The molecular formula is C14H17NO. The molecule has 16 heavy (non-hydrogen) atoms. The van der Waals surface area contributed by atoms with Gasteiger partial charge in [-0.25, -0.2) is 0 Å². The van der Waals surface area contributed by atoms with Crippen LogP contribution in [0.1, 0.15) is 36.3 Å². The van der Waals surface area contributed by atoms with Crippen LogP contribution in [0.2, 0.25) is 0 Å². The SMILES string of the molecule is COc1cccc2c1CCC1=NCCCC12. The summed E-state index contributed by atoms with van der Waals surface area (Å²) < 4.78 is 5.45. The molecule has 0 saturated carbocycles. The lowest BCUT2D eigenvalue weighted by molar-refractivity contribution is 0.407. The number of fused-ring (bicyclic) bond motifs is 3. The van der Waals surface area contributed by atoms with E-state index in [1.54, 1.807) is 7.11 Å². The van der Waals surface area contributed by atoms with E-state index in [1.165, 1.54) is 29.7 Å². The zero-order chi connectivity index (χ0) is 11.0. The number of hydrogen-bond donors (Lipinski definition) is 0. The van der Waals surface area contributed by atoms with Gasteiger partial charge < -0.3 is 4.74 Å². The molecule has 0 bridgehead atoms. The Hall–Kier alpha value is -1.31. The molecular weight excluding hydrogens is 198 g/mol. The number of methoxy groups -OCH3 is 1. The van der Waals surface area contributed by atoms with Crippen molar-refractivity contribution in [1.82, 2.24) is 0 Å². The highest BCUT2D eigenvalue weighted by Gasteiger charge is 2.28. The van der Waals surface area contributed by atoms with Crippen LogP contribution in [0.4, 0.5) is 0 Å². The van der Waals surface area contributed by atoms with Crippen LogP contribution in [-0.2, 0) is 6.42 Å². The van der Waals surface area contributed by atoms with E-state index in [9.17, 15) is 0 Å². The van der Waals surface area contributed by atoms with Crippen LogP contribution in [0.3, 0.4) is 0 Å². The second-order valence-corrected chi connectivity index (χ2v) is 4.60. The summed E-state index contributed by atoms with van der Waals surface area (Å²) in [7, 11) is 1.76. The summed E-state index contributed by atoms with van der Waals surface area (Å²) in [5.74, 6) is 1.63. The Morgan fingerprint density at radius 1 is 1.31 bits per heavy atom. The van der Waals surface area contributed by atoms with Gasteiger partial charge in [0.05, 0.1) is 7.11 Å². The third-order valence-corrected chi connectivity index (χ3v) is 3.76. The molecule has 3 rings (SSSR count). The molecule has 1 aromatic carbocycles. The molecule has 1 atom stereocenters. The van der Waals surface area contributed by atoms with Crippen LogP contribution >= 0.6 is 0 Å². The molecule has 0 amide bonds. The molecule has 1 heterocycles. The predicted molar refractivity (Wildman–Crippen MR) is 65.6 cm³/mol. The summed E-state index contributed by atoms with van der Waals surface area (Å²) in [5, 5.41) is 0. The third-order valence-electron chi connectivity index (χ3n) is 3.76. The first-order valence-corrected chi connectivity index (χ1v) is 6.09. The zero-order valence-corrected chi connectivity index (χ0v) is 9.70. The Balaban J connectivity index is 2.09. The average molecular weight is 215 g/mol. The minimum absolute atomic E-state index is 0.576. The van der Waals surface area contributed by atoms with E-state index in [1.807, 2.05) is 0 Å². The zero-order valence-electron chi connectivity index (χ0n) is 9.70. The monoisotopic (exact) mass is 215 g/mol. The summed E-state index contributed by atoms with van der Waals surface area (Å²) in [6.07, 6.45) is 4.70. The third kappa shape index (κ3) is 1.44. The summed E-state index contributed by atoms with van der Waals surface area (Å²) in [6, 6.07) is 6.43. The van der Waals surface area contributed by atoms with Crippen molar-refractivity contribution in [3.63, 3.8) is 0 Å². The van der Waals surface area contributed by atoms with Gasteiger partial charge in [-0.3, -0.25) is 4.99 Å². The fraction of sp³-hybridized carbons (Fsp3) is 0.500. The quantitative estimate of drug-likeness (QED) is 0.705. The smallest absolute Gasteiger partial charge is 0.122 e. The van der Waals surface area contributed by atoms with Gasteiger partial charge in [0.15, 0.2) is 0 Å². The van der Waals surface area contributed by atoms with E-state index in [-0.39, 0.29) is 0 Å².